The summed E-state index contributed by atoms with van der Waals surface area (Å²) < 4.78 is 32.0. The van der Waals surface area contributed by atoms with Crippen LogP contribution in [-0.4, -0.2) is 79.4 Å². The molecule has 1 unspecified atom stereocenters. The topological polar surface area (TPSA) is 111 Å². The van der Waals surface area contributed by atoms with Crippen molar-refractivity contribution in [2.45, 2.75) is 32.6 Å². The molecule has 2 heterocycles. The summed E-state index contributed by atoms with van der Waals surface area (Å²) in [5, 5.41) is 12.7. The highest BCUT2D eigenvalue weighted by atomic mass is 32.2. The number of aromatic nitrogens is 1. The molecule has 0 N–H and O–H groups in total. The van der Waals surface area contributed by atoms with Crippen LogP contribution >= 0.6 is 0 Å². The lowest BCUT2D eigenvalue weighted by atomic mass is 10.2. The van der Waals surface area contributed by atoms with E-state index in [1.807, 2.05) is 18.7 Å². The maximum atomic E-state index is 12.8. The summed E-state index contributed by atoms with van der Waals surface area (Å²) >= 11 is 0. The van der Waals surface area contributed by atoms with Crippen molar-refractivity contribution in [3.63, 3.8) is 0 Å². The van der Waals surface area contributed by atoms with Gasteiger partial charge in [-0.2, -0.15) is 9.57 Å². The Balaban J connectivity index is 1.97. The van der Waals surface area contributed by atoms with Crippen LogP contribution in [0, 0.1) is 31.1 Å². The fourth-order valence-corrected chi connectivity index (χ4v) is 4.89. The molecule has 0 radical (unpaired) electrons. The second-order valence-electron chi connectivity index (χ2n) is 6.80. The first-order valence-electron chi connectivity index (χ1n) is 9.03. The van der Waals surface area contributed by atoms with Crippen molar-refractivity contribution >= 4 is 15.9 Å². The molecule has 1 atom stereocenters. The van der Waals surface area contributed by atoms with Gasteiger partial charge in [0.2, 0.25) is 15.9 Å². The Labute approximate surface area is 160 Å². The molecule has 0 aliphatic carbocycles. The largest absolute Gasteiger partial charge is 0.360 e. The quantitative estimate of drug-likeness (QED) is 0.662. The first-order valence-corrected chi connectivity index (χ1v) is 10.5. The lowest BCUT2D eigenvalue weighted by Gasteiger charge is -2.35. The smallest absolute Gasteiger partial charge is 0.248 e. The number of hydrogen-bond acceptors (Lipinski definition) is 7. The molecule has 1 aromatic heterocycles. The molecule has 2 rings (SSSR count). The van der Waals surface area contributed by atoms with Crippen LogP contribution in [0.2, 0.25) is 0 Å². The number of sulfonamides is 1. The van der Waals surface area contributed by atoms with Gasteiger partial charge in [0.25, 0.3) is 0 Å². The van der Waals surface area contributed by atoms with E-state index in [0.717, 1.165) is 0 Å². The van der Waals surface area contributed by atoms with Crippen LogP contribution in [0.3, 0.4) is 0 Å². The minimum absolute atomic E-state index is 0.0450. The molecule has 0 bridgehead atoms. The van der Waals surface area contributed by atoms with E-state index in [-0.39, 0.29) is 42.1 Å². The van der Waals surface area contributed by atoms with Crippen LogP contribution < -0.4 is 0 Å². The number of aryl methyl sites for hydroxylation is 2. The van der Waals surface area contributed by atoms with Gasteiger partial charge in [-0.1, -0.05) is 12.1 Å². The van der Waals surface area contributed by atoms with E-state index in [1.54, 1.807) is 18.7 Å². The van der Waals surface area contributed by atoms with Crippen LogP contribution in [0.5, 0.6) is 0 Å². The number of amides is 1. The van der Waals surface area contributed by atoms with Gasteiger partial charge >= 0.3 is 0 Å². The van der Waals surface area contributed by atoms with Crippen molar-refractivity contribution in [1.29, 1.82) is 5.26 Å². The SMILES string of the molecule is CCN(CC(=O)N1CCN(S(=O)(=O)c2c(C)noc2C)CC1)CC(C)C#N. The number of likely N-dealkylation sites (N-methyl/N-ethyl adjacent to an activating group) is 1. The van der Waals surface area contributed by atoms with Gasteiger partial charge in [-0.25, -0.2) is 8.42 Å². The van der Waals surface area contributed by atoms with Gasteiger partial charge in [-0.3, -0.25) is 9.69 Å². The lowest BCUT2D eigenvalue weighted by molar-refractivity contribution is -0.133. The van der Waals surface area contributed by atoms with Crippen LogP contribution in [0.25, 0.3) is 0 Å². The van der Waals surface area contributed by atoms with Crippen LogP contribution in [0.15, 0.2) is 9.42 Å². The van der Waals surface area contributed by atoms with E-state index < -0.39 is 10.0 Å². The van der Waals surface area contributed by atoms with Crippen molar-refractivity contribution in [2.75, 3.05) is 45.8 Å². The zero-order valence-corrected chi connectivity index (χ0v) is 17.1. The molecule has 0 spiro atoms. The van der Waals surface area contributed by atoms with Crippen LogP contribution in [-0.2, 0) is 14.8 Å². The summed E-state index contributed by atoms with van der Waals surface area (Å²) in [7, 11) is -3.68. The first-order chi connectivity index (χ1) is 12.7. The Bertz CT molecular complexity index is 786. The molecular weight excluding hydrogens is 370 g/mol. The molecule has 1 aliphatic rings. The van der Waals surface area contributed by atoms with Gasteiger partial charge in [0.1, 0.15) is 10.6 Å². The van der Waals surface area contributed by atoms with Crippen molar-refractivity contribution in [1.82, 2.24) is 19.3 Å². The molecule has 0 saturated carbocycles. The fraction of sp³-hybridized carbons (Fsp3) is 0.706. The van der Waals surface area contributed by atoms with E-state index in [1.165, 1.54) is 4.31 Å². The number of hydrogen-bond donors (Lipinski definition) is 0. The summed E-state index contributed by atoms with van der Waals surface area (Å²) in [6, 6.07) is 2.17. The third-order valence-corrected chi connectivity index (χ3v) is 6.86. The number of piperazine rings is 1. The van der Waals surface area contributed by atoms with Crippen molar-refractivity contribution in [2.24, 2.45) is 5.92 Å². The number of carbonyl (C=O) groups excluding carboxylic acids is 1. The maximum Gasteiger partial charge on any atom is 0.248 e. The lowest BCUT2D eigenvalue weighted by Crippen LogP contribution is -2.52. The summed E-state index contributed by atoms with van der Waals surface area (Å²) in [6.45, 7) is 9.56. The number of nitriles is 1. The Kier molecular flexibility index (Phi) is 6.97. The summed E-state index contributed by atoms with van der Waals surface area (Å²) in [6.07, 6.45) is 0. The summed E-state index contributed by atoms with van der Waals surface area (Å²) in [5.41, 5.74) is 0.344. The fourth-order valence-electron chi connectivity index (χ4n) is 3.17. The van der Waals surface area contributed by atoms with E-state index in [2.05, 4.69) is 11.2 Å². The third kappa shape index (κ3) is 4.86. The normalized spacial score (nSPS) is 17.1. The zero-order chi connectivity index (χ0) is 20.2. The number of rotatable bonds is 7. The summed E-state index contributed by atoms with van der Waals surface area (Å²) in [5.74, 6) is 0.0855. The van der Waals surface area contributed by atoms with Crippen LogP contribution in [0.4, 0.5) is 0 Å². The van der Waals surface area contributed by atoms with E-state index in [0.29, 0.717) is 31.9 Å². The molecule has 1 saturated heterocycles. The minimum Gasteiger partial charge on any atom is -0.360 e. The first kappa shape index (κ1) is 21.3. The highest BCUT2D eigenvalue weighted by molar-refractivity contribution is 7.89. The van der Waals surface area contributed by atoms with Gasteiger partial charge in [-0.05, 0) is 27.3 Å². The third-order valence-electron chi connectivity index (χ3n) is 4.72. The highest BCUT2D eigenvalue weighted by Crippen LogP contribution is 2.24. The van der Waals surface area contributed by atoms with Gasteiger partial charge in [0.05, 0.1) is 18.5 Å². The van der Waals surface area contributed by atoms with Crippen molar-refractivity contribution in [3.05, 3.63) is 11.5 Å². The average Bonchev–Trinajstić information content (AvgIpc) is 2.99. The van der Waals surface area contributed by atoms with E-state index in [9.17, 15) is 13.2 Å². The maximum absolute atomic E-state index is 12.8. The summed E-state index contributed by atoms with van der Waals surface area (Å²) in [4.78, 5) is 16.3. The van der Waals surface area contributed by atoms with Gasteiger partial charge in [0.15, 0.2) is 5.76 Å². The molecule has 1 amide bonds. The standard InChI is InChI=1S/C17H27N5O4S/c1-5-20(11-13(2)10-18)12-16(23)21-6-8-22(9-7-21)27(24,25)17-14(3)19-26-15(17)4/h13H,5-9,11-12H2,1-4H3. The predicted molar refractivity (Wildman–Crippen MR) is 98.2 cm³/mol. The van der Waals surface area contributed by atoms with Gasteiger partial charge in [0, 0.05) is 32.7 Å². The minimum atomic E-state index is -3.68. The molecule has 1 aromatic rings. The average molecular weight is 398 g/mol. The number of carbonyl (C=O) groups is 1. The highest BCUT2D eigenvalue weighted by Gasteiger charge is 2.34. The predicted octanol–water partition coefficient (Wildman–Crippen LogP) is 0.606. The van der Waals surface area contributed by atoms with E-state index >= 15 is 0 Å². The van der Waals surface area contributed by atoms with Gasteiger partial charge in [-0.15, -0.1) is 0 Å². The van der Waals surface area contributed by atoms with Crippen molar-refractivity contribution in [3.8, 4) is 6.07 Å². The zero-order valence-electron chi connectivity index (χ0n) is 16.3. The molecule has 10 heteroatoms. The second-order valence-corrected chi connectivity index (χ2v) is 8.67. The Morgan fingerprint density at radius 2 is 1.96 bits per heavy atom. The Morgan fingerprint density at radius 3 is 2.44 bits per heavy atom. The molecule has 0 aromatic carbocycles. The van der Waals surface area contributed by atoms with Crippen LogP contribution in [0.1, 0.15) is 25.3 Å². The molecule has 150 valence electrons. The molecule has 27 heavy (non-hydrogen) atoms. The Morgan fingerprint density at radius 1 is 1.33 bits per heavy atom. The molecule has 9 nitrogen and oxygen atoms in total. The Hall–Kier alpha value is -1.96. The van der Waals surface area contributed by atoms with Gasteiger partial charge < -0.3 is 9.42 Å². The second kappa shape index (κ2) is 8.82. The van der Waals surface area contributed by atoms with Crippen molar-refractivity contribution < 1.29 is 17.7 Å². The monoisotopic (exact) mass is 397 g/mol. The molecule has 1 aliphatic heterocycles. The number of nitrogens with zero attached hydrogens (tertiary/aromatic N) is 5. The molecular formula is C17H27N5O4S. The molecule has 1 fully saturated rings. The van der Waals surface area contributed by atoms with E-state index in [4.69, 9.17) is 9.78 Å².